The molecule has 5 nitrogen and oxygen atoms in total. The number of hydrogen-bond donors (Lipinski definition) is 0. The average molecular weight is 917 g/mol. The molecule has 0 spiro atoms. The Morgan fingerprint density at radius 3 is 2.05 bits per heavy atom. The van der Waals surface area contributed by atoms with Crippen molar-refractivity contribution in [2.24, 2.45) is 0 Å². The molecule has 9 aromatic rings. The van der Waals surface area contributed by atoms with Gasteiger partial charge in [-0.1, -0.05) is 126 Å². The first-order valence-electron chi connectivity index (χ1n) is 19.1. The Kier molecular flexibility index (Phi) is 9.48. The van der Waals surface area contributed by atoms with Gasteiger partial charge in [-0.15, -0.1) is 35.7 Å². The van der Waals surface area contributed by atoms with Crippen molar-refractivity contribution in [2.75, 3.05) is 28.4 Å². The first-order valence-corrected chi connectivity index (χ1v) is 19.1. The molecule has 0 aliphatic carbocycles. The summed E-state index contributed by atoms with van der Waals surface area (Å²) in [5, 5.41) is 2.28. The van der Waals surface area contributed by atoms with E-state index >= 15 is 0 Å². The van der Waals surface area contributed by atoms with Gasteiger partial charge in [-0.3, -0.25) is 0 Å². The summed E-state index contributed by atoms with van der Waals surface area (Å²) in [5.41, 5.74) is 15.5. The Bertz CT molecular complexity index is 2900. The van der Waals surface area contributed by atoms with E-state index in [2.05, 4.69) is 216 Å². The van der Waals surface area contributed by atoms with Gasteiger partial charge >= 0.3 is 21.1 Å². The standard InChI is InChI=1S/C51H39N5.Pt/c1-35-15-13-16-36(2)51(35)55(40-20-14-19-39(32-40)54-34-53(3)47-25-11-12-26-48(47)54)41-27-28-45-44-23-9-10-24-46(44)56(49(45)33-41)50-31-38(29-30-52-50)43-22-8-7-21-42(43)37-17-5-4-6-18-37;/h4-31H,34H2,1-3H3;/q-2;+2. The van der Waals surface area contributed by atoms with Crippen molar-refractivity contribution in [3.05, 3.63) is 193 Å². The summed E-state index contributed by atoms with van der Waals surface area (Å²) in [4.78, 5) is 12.0. The molecule has 278 valence electrons. The number of fused-ring (bicyclic) bond motifs is 4. The van der Waals surface area contributed by atoms with E-state index in [1.165, 1.54) is 33.6 Å². The first-order chi connectivity index (χ1) is 27.5. The second kappa shape index (κ2) is 14.9. The van der Waals surface area contributed by atoms with Gasteiger partial charge in [0.05, 0.1) is 18.0 Å². The fourth-order valence-electron chi connectivity index (χ4n) is 8.41. The maximum atomic E-state index is 5.02. The van der Waals surface area contributed by atoms with Crippen molar-refractivity contribution in [1.29, 1.82) is 0 Å². The van der Waals surface area contributed by atoms with Gasteiger partial charge in [0.15, 0.2) is 0 Å². The van der Waals surface area contributed by atoms with Crippen molar-refractivity contribution in [3.8, 4) is 28.1 Å². The summed E-state index contributed by atoms with van der Waals surface area (Å²) in [6, 6.07) is 65.8. The number of aromatic nitrogens is 2. The van der Waals surface area contributed by atoms with Gasteiger partial charge < -0.3 is 19.3 Å². The van der Waals surface area contributed by atoms with Crippen LogP contribution < -0.4 is 14.7 Å². The molecule has 0 radical (unpaired) electrons. The second-order valence-electron chi connectivity index (χ2n) is 14.5. The number of nitrogens with zero attached hydrogens (tertiary/aromatic N) is 5. The molecule has 10 rings (SSSR count). The molecule has 0 saturated carbocycles. The molecule has 0 amide bonds. The summed E-state index contributed by atoms with van der Waals surface area (Å²) in [5.74, 6) is 0.842. The topological polar surface area (TPSA) is 27.5 Å². The minimum absolute atomic E-state index is 0. The minimum atomic E-state index is 0. The largest absolute Gasteiger partial charge is 2.00 e. The summed E-state index contributed by atoms with van der Waals surface area (Å²) in [6.45, 7) is 5.12. The number of anilines is 6. The third kappa shape index (κ3) is 6.29. The van der Waals surface area contributed by atoms with Crippen molar-refractivity contribution in [3.63, 3.8) is 0 Å². The van der Waals surface area contributed by atoms with Gasteiger partial charge in [-0.25, -0.2) is 4.98 Å². The van der Waals surface area contributed by atoms with Crippen molar-refractivity contribution in [2.45, 2.75) is 13.8 Å². The maximum Gasteiger partial charge on any atom is 2.00 e. The quantitative estimate of drug-likeness (QED) is 0.149. The van der Waals surface area contributed by atoms with Gasteiger partial charge in [0.25, 0.3) is 0 Å². The second-order valence-corrected chi connectivity index (χ2v) is 14.5. The van der Waals surface area contributed by atoms with E-state index in [0.29, 0.717) is 0 Å². The number of aryl methyl sites for hydroxylation is 2. The molecular formula is C51H39N5Pt. The molecule has 0 unspecified atom stereocenters. The molecule has 2 aromatic heterocycles. The van der Waals surface area contributed by atoms with Crippen LogP contribution in [-0.2, 0) is 21.1 Å². The molecule has 1 aliphatic rings. The smallest absolute Gasteiger partial charge is 0.358 e. The molecule has 6 heteroatoms. The van der Waals surface area contributed by atoms with Gasteiger partial charge in [0.1, 0.15) is 5.82 Å². The Hall–Kier alpha value is -6.42. The predicted molar refractivity (Wildman–Crippen MR) is 233 cm³/mol. The van der Waals surface area contributed by atoms with E-state index in [0.717, 1.165) is 68.2 Å². The molecule has 7 aromatic carbocycles. The zero-order valence-electron chi connectivity index (χ0n) is 31.9. The van der Waals surface area contributed by atoms with E-state index in [1.54, 1.807) is 0 Å². The zero-order valence-corrected chi connectivity index (χ0v) is 34.2. The van der Waals surface area contributed by atoms with Crippen LogP contribution in [0.1, 0.15) is 11.1 Å². The first kappa shape index (κ1) is 36.2. The summed E-state index contributed by atoms with van der Waals surface area (Å²) in [7, 11) is 2.14. The minimum Gasteiger partial charge on any atom is -0.358 e. The summed E-state index contributed by atoms with van der Waals surface area (Å²) in [6.07, 6.45) is 1.92. The molecule has 0 atom stereocenters. The van der Waals surface area contributed by atoms with Crippen LogP contribution in [0.4, 0.5) is 34.1 Å². The summed E-state index contributed by atoms with van der Waals surface area (Å²) < 4.78 is 2.27. The fourth-order valence-corrected chi connectivity index (χ4v) is 8.41. The molecule has 0 fully saturated rings. The van der Waals surface area contributed by atoms with E-state index < -0.39 is 0 Å². The van der Waals surface area contributed by atoms with E-state index in [1.807, 2.05) is 6.20 Å². The Balaban J connectivity index is 0.00000422. The Labute approximate surface area is 348 Å². The van der Waals surface area contributed by atoms with Crippen LogP contribution >= 0.6 is 0 Å². The van der Waals surface area contributed by atoms with Gasteiger partial charge in [0.2, 0.25) is 0 Å². The third-order valence-corrected chi connectivity index (χ3v) is 11.0. The molecule has 1 aliphatic heterocycles. The van der Waals surface area contributed by atoms with Crippen LogP contribution in [0.15, 0.2) is 170 Å². The monoisotopic (exact) mass is 916 g/mol. The van der Waals surface area contributed by atoms with Crippen LogP contribution in [0.25, 0.3) is 49.9 Å². The number of benzene rings is 7. The number of hydrogen-bond acceptors (Lipinski definition) is 4. The number of rotatable bonds is 7. The van der Waals surface area contributed by atoms with Crippen LogP contribution in [0.2, 0.25) is 0 Å². The maximum absolute atomic E-state index is 5.02. The van der Waals surface area contributed by atoms with Crippen LogP contribution in [0, 0.1) is 26.0 Å². The van der Waals surface area contributed by atoms with E-state index in [-0.39, 0.29) is 21.1 Å². The Morgan fingerprint density at radius 1 is 0.579 bits per heavy atom. The van der Waals surface area contributed by atoms with Crippen LogP contribution in [0.5, 0.6) is 0 Å². The van der Waals surface area contributed by atoms with Gasteiger partial charge in [-0.2, -0.15) is 12.1 Å². The van der Waals surface area contributed by atoms with Crippen molar-refractivity contribution in [1.82, 2.24) is 9.55 Å². The molecule has 0 saturated heterocycles. The van der Waals surface area contributed by atoms with Crippen molar-refractivity contribution < 1.29 is 21.1 Å². The normalized spacial score (nSPS) is 12.2. The third-order valence-electron chi connectivity index (χ3n) is 11.0. The van der Waals surface area contributed by atoms with Crippen molar-refractivity contribution >= 4 is 55.9 Å². The Morgan fingerprint density at radius 2 is 1.25 bits per heavy atom. The predicted octanol–water partition coefficient (Wildman–Crippen LogP) is 12.7. The van der Waals surface area contributed by atoms with Gasteiger partial charge in [0, 0.05) is 24.4 Å². The number of para-hydroxylation sites is 4. The van der Waals surface area contributed by atoms with Gasteiger partial charge in [-0.05, 0) is 82.9 Å². The van der Waals surface area contributed by atoms with E-state index in [4.69, 9.17) is 4.98 Å². The summed E-state index contributed by atoms with van der Waals surface area (Å²) >= 11 is 0. The molecule has 57 heavy (non-hydrogen) atoms. The number of pyridine rings is 1. The van der Waals surface area contributed by atoms with Crippen LogP contribution in [-0.4, -0.2) is 23.3 Å². The van der Waals surface area contributed by atoms with Crippen LogP contribution in [0.3, 0.4) is 0 Å². The molecule has 3 heterocycles. The average Bonchev–Trinajstić information content (AvgIpc) is 3.77. The molecule has 0 N–H and O–H groups in total. The fraction of sp³-hybridized carbons (Fsp3) is 0.0784. The molecular weight excluding hydrogens is 878 g/mol. The zero-order chi connectivity index (χ0) is 37.8. The molecule has 0 bridgehead atoms. The SMILES string of the molecule is Cc1cccc(C)c1N(c1[c-]c(N2CN(C)c3ccccc32)ccc1)c1[c-]c2c(cc1)c1ccccc1n2-c1cc(-c2ccccc2-c2ccccc2)ccn1.[Pt+2]. The van der Waals surface area contributed by atoms with E-state index in [9.17, 15) is 0 Å².